The smallest absolute Gasteiger partial charge is 0.121 e. The topological polar surface area (TPSA) is 33.3 Å². The second-order valence-electron chi connectivity index (χ2n) is 5.27. The first-order chi connectivity index (χ1) is 10.2. The summed E-state index contributed by atoms with van der Waals surface area (Å²) in [5, 5.41) is 6.83. The van der Waals surface area contributed by atoms with Gasteiger partial charge in [0.05, 0.1) is 6.10 Å². The zero-order valence-electron chi connectivity index (χ0n) is 12.8. The van der Waals surface area contributed by atoms with Gasteiger partial charge in [-0.1, -0.05) is 24.3 Å². The zero-order valence-corrected chi connectivity index (χ0v) is 12.8. The number of para-hydroxylation sites is 1. The van der Waals surface area contributed by atoms with E-state index in [1.807, 2.05) is 50.2 Å². The Bertz CT molecular complexity index is 526. The van der Waals surface area contributed by atoms with E-state index < -0.39 is 0 Å². The Kier molecular flexibility index (Phi) is 5.95. The van der Waals surface area contributed by atoms with Gasteiger partial charge in [0, 0.05) is 30.5 Å². The molecule has 0 atom stereocenters. The molecule has 0 saturated heterocycles. The summed E-state index contributed by atoms with van der Waals surface area (Å²) in [6.07, 6.45) is 1.26. The molecular formula is C18H24N2O. The Hall–Kier alpha value is -2.16. The van der Waals surface area contributed by atoms with Crippen LogP contribution in [0.4, 0.5) is 11.4 Å². The van der Waals surface area contributed by atoms with Crippen LogP contribution in [0, 0.1) is 0 Å². The van der Waals surface area contributed by atoms with Crippen molar-refractivity contribution in [1.82, 2.24) is 0 Å². The van der Waals surface area contributed by atoms with Crippen LogP contribution in [-0.4, -0.2) is 19.2 Å². The van der Waals surface area contributed by atoms with Crippen molar-refractivity contribution in [3.05, 3.63) is 54.6 Å². The molecule has 0 radical (unpaired) electrons. The fraction of sp³-hybridized carbons (Fsp3) is 0.333. The van der Waals surface area contributed by atoms with Crippen molar-refractivity contribution < 1.29 is 4.74 Å². The van der Waals surface area contributed by atoms with Crippen LogP contribution in [0.5, 0.6) is 5.75 Å². The molecule has 3 heteroatoms. The number of nitrogens with one attached hydrogen (secondary N) is 2. The minimum atomic E-state index is 0.204. The molecule has 0 amide bonds. The molecule has 3 nitrogen and oxygen atoms in total. The zero-order chi connectivity index (χ0) is 14.9. The molecule has 0 aliphatic heterocycles. The highest BCUT2D eigenvalue weighted by Gasteiger charge is 1.99. The summed E-state index contributed by atoms with van der Waals surface area (Å²) in [6, 6.07) is 18.4. The van der Waals surface area contributed by atoms with Gasteiger partial charge in [-0.3, -0.25) is 0 Å². The second kappa shape index (κ2) is 8.20. The summed E-state index contributed by atoms with van der Waals surface area (Å²) in [6.45, 7) is 5.97. The molecule has 0 saturated carbocycles. The minimum absolute atomic E-state index is 0.204. The van der Waals surface area contributed by atoms with Gasteiger partial charge >= 0.3 is 0 Å². The molecule has 0 aromatic heterocycles. The Morgan fingerprint density at radius 3 is 2.24 bits per heavy atom. The van der Waals surface area contributed by atoms with Crippen LogP contribution in [0.2, 0.25) is 0 Å². The third-order valence-corrected chi connectivity index (χ3v) is 2.99. The largest absolute Gasteiger partial charge is 0.491 e. The van der Waals surface area contributed by atoms with E-state index in [1.54, 1.807) is 0 Å². The lowest BCUT2D eigenvalue weighted by Gasteiger charge is -2.12. The highest BCUT2D eigenvalue weighted by molar-refractivity contribution is 5.48. The molecule has 0 fully saturated rings. The van der Waals surface area contributed by atoms with Crippen molar-refractivity contribution in [3.63, 3.8) is 0 Å². The van der Waals surface area contributed by atoms with Crippen molar-refractivity contribution in [2.45, 2.75) is 26.4 Å². The molecule has 2 N–H and O–H groups in total. The second-order valence-corrected chi connectivity index (χ2v) is 5.27. The van der Waals surface area contributed by atoms with Crippen LogP contribution in [0.1, 0.15) is 20.3 Å². The first-order valence-corrected chi connectivity index (χ1v) is 7.53. The third-order valence-electron chi connectivity index (χ3n) is 2.99. The molecule has 2 aromatic carbocycles. The maximum Gasteiger partial charge on any atom is 0.121 e. The van der Waals surface area contributed by atoms with Gasteiger partial charge in [-0.15, -0.1) is 0 Å². The van der Waals surface area contributed by atoms with E-state index in [4.69, 9.17) is 4.74 Å². The van der Waals surface area contributed by atoms with E-state index in [2.05, 4.69) is 28.8 Å². The molecule has 21 heavy (non-hydrogen) atoms. The molecular weight excluding hydrogens is 260 g/mol. The van der Waals surface area contributed by atoms with Crippen LogP contribution in [0.3, 0.4) is 0 Å². The Balaban J connectivity index is 1.69. The molecule has 0 unspecified atom stereocenters. The predicted octanol–water partition coefficient (Wildman–Crippen LogP) is 4.39. The average molecular weight is 284 g/mol. The number of benzene rings is 2. The minimum Gasteiger partial charge on any atom is -0.491 e. The van der Waals surface area contributed by atoms with Crippen molar-refractivity contribution in [3.8, 4) is 5.75 Å². The predicted molar refractivity (Wildman–Crippen MR) is 90.2 cm³/mol. The Morgan fingerprint density at radius 2 is 1.52 bits per heavy atom. The number of ether oxygens (including phenoxy) is 1. The molecule has 0 spiro atoms. The summed E-state index contributed by atoms with van der Waals surface area (Å²) >= 11 is 0. The average Bonchev–Trinajstić information content (AvgIpc) is 2.48. The van der Waals surface area contributed by atoms with Crippen LogP contribution in [-0.2, 0) is 0 Å². The normalized spacial score (nSPS) is 10.4. The van der Waals surface area contributed by atoms with E-state index in [-0.39, 0.29) is 6.10 Å². The van der Waals surface area contributed by atoms with E-state index in [9.17, 15) is 0 Å². The van der Waals surface area contributed by atoms with Crippen molar-refractivity contribution in [2.24, 2.45) is 0 Å². The maximum absolute atomic E-state index is 5.69. The van der Waals surface area contributed by atoms with Crippen molar-refractivity contribution >= 4 is 11.4 Å². The third kappa shape index (κ3) is 5.78. The number of anilines is 2. The van der Waals surface area contributed by atoms with E-state index in [0.29, 0.717) is 0 Å². The lowest BCUT2D eigenvalue weighted by molar-refractivity contribution is 0.242. The Labute approximate surface area is 127 Å². The van der Waals surface area contributed by atoms with Crippen molar-refractivity contribution in [2.75, 3.05) is 23.7 Å². The highest BCUT2D eigenvalue weighted by atomic mass is 16.5. The summed E-state index contributed by atoms with van der Waals surface area (Å²) in [5.74, 6) is 0.914. The first-order valence-electron chi connectivity index (χ1n) is 7.53. The lowest BCUT2D eigenvalue weighted by atomic mass is 10.3. The van der Waals surface area contributed by atoms with E-state index >= 15 is 0 Å². The molecule has 112 valence electrons. The standard InChI is InChI=1S/C18H24N2O/c1-15(2)21-18-11-6-10-17(14-18)20-13-7-12-19-16-8-4-3-5-9-16/h3-6,8-11,14-15,19-20H,7,12-13H2,1-2H3. The summed E-state index contributed by atoms with van der Waals surface area (Å²) < 4.78 is 5.69. The van der Waals surface area contributed by atoms with Gasteiger partial charge in [-0.25, -0.2) is 0 Å². The monoisotopic (exact) mass is 284 g/mol. The van der Waals surface area contributed by atoms with Crippen LogP contribution in [0.25, 0.3) is 0 Å². The molecule has 2 rings (SSSR count). The summed E-state index contributed by atoms with van der Waals surface area (Å²) in [5.41, 5.74) is 2.28. The molecule has 0 aliphatic carbocycles. The fourth-order valence-corrected chi connectivity index (χ4v) is 2.06. The van der Waals surface area contributed by atoms with Gasteiger partial charge < -0.3 is 15.4 Å². The number of rotatable bonds is 8. The molecule has 0 aliphatic rings. The molecule has 0 bridgehead atoms. The Morgan fingerprint density at radius 1 is 0.857 bits per heavy atom. The fourth-order valence-electron chi connectivity index (χ4n) is 2.06. The van der Waals surface area contributed by atoms with Gasteiger partial charge in [0.25, 0.3) is 0 Å². The first kappa shape index (κ1) is 15.2. The molecule has 2 aromatic rings. The van der Waals surface area contributed by atoms with Gasteiger partial charge in [0.1, 0.15) is 5.75 Å². The number of hydrogen-bond acceptors (Lipinski definition) is 3. The van der Waals surface area contributed by atoms with Gasteiger partial charge in [0.2, 0.25) is 0 Å². The van der Waals surface area contributed by atoms with E-state index in [1.165, 1.54) is 5.69 Å². The SMILES string of the molecule is CC(C)Oc1cccc(NCCCNc2ccccc2)c1. The van der Waals surface area contributed by atoms with Gasteiger partial charge in [-0.2, -0.15) is 0 Å². The lowest BCUT2D eigenvalue weighted by Crippen LogP contribution is -2.09. The summed E-state index contributed by atoms with van der Waals surface area (Å²) in [7, 11) is 0. The van der Waals surface area contributed by atoms with E-state index in [0.717, 1.165) is 30.9 Å². The van der Waals surface area contributed by atoms with Crippen molar-refractivity contribution in [1.29, 1.82) is 0 Å². The quantitative estimate of drug-likeness (QED) is 0.705. The molecule has 0 heterocycles. The van der Waals surface area contributed by atoms with Crippen LogP contribution < -0.4 is 15.4 Å². The van der Waals surface area contributed by atoms with Crippen LogP contribution in [0.15, 0.2) is 54.6 Å². The van der Waals surface area contributed by atoms with Gasteiger partial charge in [0.15, 0.2) is 0 Å². The number of hydrogen-bond donors (Lipinski definition) is 2. The summed E-state index contributed by atoms with van der Waals surface area (Å²) in [4.78, 5) is 0. The maximum atomic E-state index is 5.69. The highest BCUT2D eigenvalue weighted by Crippen LogP contribution is 2.18. The van der Waals surface area contributed by atoms with Crippen LogP contribution >= 0.6 is 0 Å². The van der Waals surface area contributed by atoms with Gasteiger partial charge in [-0.05, 0) is 44.5 Å².